The molecule has 0 saturated heterocycles. The number of hydrogen-bond acceptors (Lipinski definition) is 3. The van der Waals surface area contributed by atoms with Crippen molar-refractivity contribution in [2.45, 2.75) is 27.7 Å². The van der Waals surface area contributed by atoms with Crippen LogP contribution in [0.4, 0.5) is 0 Å². The predicted octanol–water partition coefficient (Wildman–Crippen LogP) is 4.67. The Morgan fingerprint density at radius 1 is 1.30 bits per heavy atom. The van der Waals surface area contributed by atoms with E-state index in [1.54, 1.807) is 13.4 Å². The summed E-state index contributed by atoms with van der Waals surface area (Å²) >= 11 is 0. The molecular weight excluding hydrogens is 284 g/mol. The second-order valence-electron chi connectivity index (χ2n) is 5.90. The zero-order chi connectivity index (χ0) is 17.0. The Balaban J connectivity index is 2.52. The van der Waals surface area contributed by atoms with Crippen LogP contribution in [0.3, 0.4) is 0 Å². The highest BCUT2D eigenvalue weighted by Crippen LogP contribution is 2.23. The van der Waals surface area contributed by atoms with Crippen molar-refractivity contribution in [3.63, 3.8) is 0 Å². The van der Waals surface area contributed by atoms with Gasteiger partial charge in [0.15, 0.2) is 0 Å². The highest BCUT2D eigenvalue weighted by Gasteiger charge is 2.09. The van der Waals surface area contributed by atoms with Crippen molar-refractivity contribution < 1.29 is 0 Å². The number of aromatic nitrogens is 2. The molecule has 0 saturated carbocycles. The van der Waals surface area contributed by atoms with Crippen LogP contribution in [0.1, 0.15) is 33.3 Å². The third kappa shape index (κ3) is 3.83. The number of aromatic amines is 1. The first kappa shape index (κ1) is 16.9. The van der Waals surface area contributed by atoms with Crippen LogP contribution in [0, 0.1) is 5.92 Å². The van der Waals surface area contributed by atoms with Crippen molar-refractivity contribution in [2.24, 2.45) is 15.9 Å². The van der Waals surface area contributed by atoms with Gasteiger partial charge < -0.3 is 4.98 Å². The maximum absolute atomic E-state index is 4.65. The number of H-pyrrole nitrogens is 1. The van der Waals surface area contributed by atoms with Crippen molar-refractivity contribution in [3.8, 4) is 0 Å². The Labute approximate surface area is 137 Å². The molecule has 0 fully saturated rings. The Kier molecular flexibility index (Phi) is 5.27. The van der Waals surface area contributed by atoms with Crippen LogP contribution in [0.5, 0.6) is 0 Å². The molecule has 0 aliphatic carbocycles. The summed E-state index contributed by atoms with van der Waals surface area (Å²) in [6.07, 6.45) is 3.57. The minimum Gasteiger partial charge on any atom is -0.345 e. The monoisotopic (exact) mass is 308 g/mol. The number of fused-ring (bicyclic) bond motifs is 1. The lowest BCUT2D eigenvalue weighted by molar-refractivity contribution is 0.762. The summed E-state index contributed by atoms with van der Waals surface area (Å²) in [5, 5.41) is 0. The zero-order valence-corrected chi connectivity index (χ0v) is 14.5. The maximum atomic E-state index is 4.65. The van der Waals surface area contributed by atoms with Gasteiger partial charge in [0.25, 0.3) is 0 Å². The van der Waals surface area contributed by atoms with E-state index in [4.69, 9.17) is 0 Å². The first-order valence-corrected chi connectivity index (χ1v) is 7.75. The van der Waals surface area contributed by atoms with Gasteiger partial charge in [-0.05, 0) is 43.0 Å². The summed E-state index contributed by atoms with van der Waals surface area (Å²) in [6.45, 7) is 12.3. The van der Waals surface area contributed by atoms with Crippen molar-refractivity contribution >= 4 is 28.5 Å². The third-order valence-electron chi connectivity index (χ3n) is 3.88. The summed E-state index contributed by atoms with van der Waals surface area (Å²) < 4.78 is 0. The van der Waals surface area contributed by atoms with Crippen LogP contribution >= 0.6 is 0 Å². The van der Waals surface area contributed by atoms with Gasteiger partial charge in [-0.3, -0.25) is 9.98 Å². The molecule has 0 aliphatic heterocycles. The first-order valence-electron chi connectivity index (χ1n) is 7.75. The molecule has 4 heteroatoms. The summed E-state index contributed by atoms with van der Waals surface area (Å²) in [5.41, 5.74) is 7.07. The second-order valence-corrected chi connectivity index (χ2v) is 5.90. The summed E-state index contributed by atoms with van der Waals surface area (Å²) in [6, 6.07) is 6.20. The number of aliphatic imine (C=N–C) groups is 2. The Bertz CT molecular complexity index is 804. The fourth-order valence-electron chi connectivity index (χ4n) is 2.32. The van der Waals surface area contributed by atoms with E-state index in [2.05, 4.69) is 59.4 Å². The van der Waals surface area contributed by atoms with Gasteiger partial charge >= 0.3 is 0 Å². The molecule has 2 rings (SSSR count). The molecule has 0 unspecified atom stereocenters. The maximum Gasteiger partial charge on any atom is 0.0931 e. The number of benzene rings is 1. The Morgan fingerprint density at radius 3 is 2.70 bits per heavy atom. The third-order valence-corrected chi connectivity index (χ3v) is 3.88. The van der Waals surface area contributed by atoms with Gasteiger partial charge in [-0.15, -0.1) is 0 Å². The standard InChI is InChI=1S/C19H24N4/c1-12(2)14(4)23-15(5)17(10-20-6)13(3)16-7-8-18-19(9-16)22-11-21-18/h7-12H,4H2,1-3,5-6H3,(H,21,22)/b17-13+,20-10?,23-15?. The minimum atomic E-state index is 0.325. The molecule has 1 N–H and O–H groups in total. The van der Waals surface area contributed by atoms with Gasteiger partial charge in [-0.25, -0.2) is 4.98 Å². The van der Waals surface area contributed by atoms with E-state index in [9.17, 15) is 0 Å². The molecule has 1 aromatic heterocycles. The van der Waals surface area contributed by atoms with E-state index in [1.165, 1.54) is 0 Å². The SMILES string of the molecule is C=C(N=C(C)/C(C=NC)=C(\C)c1ccc2nc[nH]c2c1)C(C)C. The molecule has 0 bridgehead atoms. The number of rotatable bonds is 5. The Hall–Kier alpha value is -2.49. The molecule has 23 heavy (non-hydrogen) atoms. The van der Waals surface area contributed by atoms with Crippen LogP contribution in [0.15, 0.2) is 52.4 Å². The first-order chi connectivity index (χ1) is 10.9. The normalized spacial score (nSPS) is 13.9. The average molecular weight is 308 g/mol. The van der Waals surface area contributed by atoms with Crippen LogP contribution in [-0.2, 0) is 0 Å². The van der Waals surface area contributed by atoms with E-state index in [-0.39, 0.29) is 0 Å². The van der Waals surface area contributed by atoms with E-state index in [0.29, 0.717) is 5.92 Å². The zero-order valence-electron chi connectivity index (χ0n) is 14.5. The van der Waals surface area contributed by atoms with Gasteiger partial charge in [-0.2, -0.15) is 0 Å². The number of nitrogens with one attached hydrogen (secondary N) is 1. The van der Waals surface area contributed by atoms with Crippen molar-refractivity contribution in [1.82, 2.24) is 9.97 Å². The Morgan fingerprint density at radius 2 is 2.04 bits per heavy atom. The molecule has 1 heterocycles. The van der Waals surface area contributed by atoms with Crippen LogP contribution in [0.2, 0.25) is 0 Å². The van der Waals surface area contributed by atoms with Crippen LogP contribution in [-0.4, -0.2) is 28.9 Å². The molecular formula is C19H24N4. The number of imidazole rings is 1. The van der Waals surface area contributed by atoms with Crippen molar-refractivity contribution in [3.05, 3.63) is 47.9 Å². The molecule has 0 radical (unpaired) electrons. The lowest BCUT2D eigenvalue weighted by Gasteiger charge is -2.11. The van der Waals surface area contributed by atoms with E-state index in [1.807, 2.05) is 19.2 Å². The molecule has 2 aromatic rings. The van der Waals surface area contributed by atoms with Crippen LogP contribution < -0.4 is 0 Å². The van der Waals surface area contributed by atoms with Crippen molar-refractivity contribution in [2.75, 3.05) is 7.05 Å². The quantitative estimate of drug-likeness (QED) is 0.802. The molecule has 0 amide bonds. The lowest BCUT2D eigenvalue weighted by atomic mass is 9.98. The van der Waals surface area contributed by atoms with Crippen LogP contribution in [0.25, 0.3) is 16.6 Å². The number of allylic oxidation sites excluding steroid dienone is 3. The molecule has 0 aliphatic rings. The lowest BCUT2D eigenvalue weighted by Crippen LogP contribution is -2.04. The van der Waals surface area contributed by atoms with Gasteiger partial charge in [0.05, 0.1) is 17.4 Å². The van der Waals surface area contributed by atoms with E-state index < -0.39 is 0 Å². The van der Waals surface area contributed by atoms with Gasteiger partial charge in [0, 0.05) is 30.2 Å². The van der Waals surface area contributed by atoms with Gasteiger partial charge in [0.2, 0.25) is 0 Å². The van der Waals surface area contributed by atoms with E-state index in [0.717, 1.165) is 39.2 Å². The van der Waals surface area contributed by atoms with Crippen molar-refractivity contribution in [1.29, 1.82) is 0 Å². The van der Waals surface area contributed by atoms with Gasteiger partial charge in [-0.1, -0.05) is 26.5 Å². The highest BCUT2D eigenvalue weighted by atomic mass is 14.9. The predicted molar refractivity (Wildman–Crippen MR) is 100 cm³/mol. The smallest absolute Gasteiger partial charge is 0.0931 e. The average Bonchev–Trinajstić information content (AvgIpc) is 2.99. The summed E-state index contributed by atoms with van der Waals surface area (Å²) in [4.78, 5) is 16.3. The molecule has 0 atom stereocenters. The minimum absolute atomic E-state index is 0.325. The number of hydrogen-bond donors (Lipinski definition) is 1. The van der Waals surface area contributed by atoms with Gasteiger partial charge in [0.1, 0.15) is 0 Å². The molecule has 4 nitrogen and oxygen atoms in total. The fraction of sp³-hybridized carbons (Fsp3) is 0.316. The topological polar surface area (TPSA) is 53.4 Å². The number of nitrogens with zero attached hydrogens (tertiary/aromatic N) is 3. The fourth-order valence-corrected chi connectivity index (χ4v) is 2.32. The van der Waals surface area contributed by atoms with E-state index >= 15 is 0 Å². The molecule has 120 valence electrons. The molecule has 1 aromatic carbocycles. The highest BCUT2D eigenvalue weighted by molar-refractivity contribution is 6.20. The summed E-state index contributed by atoms with van der Waals surface area (Å²) in [5.74, 6) is 0.325. The second kappa shape index (κ2) is 7.18. The largest absolute Gasteiger partial charge is 0.345 e. The molecule has 0 spiro atoms. The summed E-state index contributed by atoms with van der Waals surface area (Å²) in [7, 11) is 1.77.